The maximum Gasteiger partial charge on any atom is 0.0413 e. The minimum atomic E-state index is 0.502. The van der Waals surface area contributed by atoms with Gasteiger partial charge in [-0.1, -0.05) is 50.2 Å². The smallest absolute Gasteiger partial charge is 0.0413 e. The van der Waals surface area contributed by atoms with Crippen LogP contribution in [-0.4, -0.2) is 6.04 Å². The topological polar surface area (TPSA) is 3.24 Å². The molecule has 0 bridgehead atoms. The maximum absolute atomic E-state index is 2.45. The summed E-state index contributed by atoms with van der Waals surface area (Å²) in [6, 6.07) is 21.9. The molecule has 1 unspecified atom stereocenters. The average molecular weight is 267 g/mol. The van der Waals surface area contributed by atoms with Gasteiger partial charge in [-0.2, -0.15) is 0 Å². The van der Waals surface area contributed by atoms with Gasteiger partial charge in [-0.3, -0.25) is 0 Å². The highest BCUT2D eigenvalue weighted by atomic mass is 15.2. The van der Waals surface area contributed by atoms with E-state index in [1.807, 2.05) is 0 Å². The lowest BCUT2D eigenvalue weighted by Gasteiger charge is -2.32. The summed E-state index contributed by atoms with van der Waals surface area (Å²) in [5, 5.41) is 0. The number of hydrogen-bond donors (Lipinski definition) is 0. The van der Waals surface area contributed by atoms with Crippen LogP contribution in [0.4, 0.5) is 11.4 Å². The minimum Gasteiger partial charge on any atom is -0.339 e. The molecule has 0 saturated carbocycles. The summed E-state index contributed by atoms with van der Waals surface area (Å²) >= 11 is 0. The zero-order valence-electron chi connectivity index (χ0n) is 12.8. The van der Waals surface area contributed by atoms with Crippen molar-refractivity contribution in [1.29, 1.82) is 0 Å². The fourth-order valence-corrected chi connectivity index (χ4v) is 2.54. The van der Waals surface area contributed by atoms with Crippen LogP contribution in [0.3, 0.4) is 0 Å². The SMILES string of the molecule is CC(C)CCC(C)N(c1ccccc1)c1ccccc1. The molecule has 2 aromatic carbocycles. The van der Waals surface area contributed by atoms with E-state index in [2.05, 4.69) is 86.3 Å². The summed E-state index contributed by atoms with van der Waals surface area (Å²) in [6.07, 6.45) is 2.47. The van der Waals surface area contributed by atoms with Gasteiger partial charge in [0.1, 0.15) is 0 Å². The molecule has 0 aromatic heterocycles. The predicted octanol–water partition coefficient (Wildman–Crippen LogP) is 5.65. The van der Waals surface area contributed by atoms with E-state index in [1.165, 1.54) is 24.2 Å². The van der Waals surface area contributed by atoms with Crippen molar-refractivity contribution in [3.8, 4) is 0 Å². The van der Waals surface area contributed by atoms with Crippen LogP contribution in [0.1, 0.15) is 33.6 Å². The molecule has 0 radical (unpaired) electrons. The summed E-state index contributed by atoms with van der Waals surface area (Å²) in [5.41, 5.74) is 2.55. The molecule has 106 valence electrons. The molecule has 2 aromatic rings. The van der Waals surface area contributed by atoms with E-state index in [1.54, 1.807) is 0 Å². The van der Waals surface area contributed by atoms with Crippen LogP contribution in [0.5, 0.6) is 0 Å². The average Bonchev–Trinajstić information content (AvgIpc) is 2.48. The Labute approximate surface area is 123 Å². The molecule has 20 heavy (non-hydrogen) atoms. The van der Waals surface area contributed by atoms with Gasteiger partial charge in [0.25, 0.3) is 0 Å². The van der Waals surface area contributed by atoms with Crippen molar-refractivity contribution < 1.29 is 0 Å². The molecular weight excluding hydrogens is 242 g/mol. The van der Waals surface area contributed by atoms with Crippen molar-refractivity contribution in [2.24, 2.45) is 5.92 Å². The van der Waals surface area contributed by atoms with E-state index in [0.717, 1.165) is 5.92 Å². The zero-order chi connectivity index (χ0) is 14.4. The standard InChI is InChI=1S/C19H25N/c1-16(2)14-15-17(3)20(18-10-6-4-7-11-18)19-12-8-5-9-13-19/h4-13,16-17H,14-15H2,1-3H3. The van der Waals surface area contributed by atoms with Gasteiger partial charge in [0, 0.05) is 17.4 Å². The number of hydrogen-bond acceptors (Lipinski definition) is 1. The van der Waals surface area contributed by atoms with Gasteiger partial charge in [-0.25, -0.2) is 0 Å². The van der Waals surface area contributed by atoms with Gasteiger partial charge in [0.05, 0.1) is 0 Å². The molecule has 1 atom stereocenters. The molecule has 1 nitrogen and oxygen atoms in total. The second-order valence-electron chi connectivity index (χ2n) is 5.86. The third kappa shape index (κ3) is 3.86. The van der Waals surface area contributed by atoms with Gasteiger partial charge in [-0.15, -0.1) is 0 Å². The third-order valence-corrected chi connectivity index (χ3v) is 3.67. The van der Waals surface area contributed by atoms with Gasteiger partial charge < -0.3 is 4.90 Å². The molecule has 0 spiro atoms. The van der Waals surface area contributed by atoms with E-state index in [-0.39, 0.29) is 0 Å². The van der Waals surface area contributed by atoms with Gasteiger partial charge >= 0.3 is 0 Å². The quantitative estimate of drug-likeness (QED) is 0.653. The fraction of sp³-hybridized carbons (Fsp3) is 0.368. The highest BCUT2D eigenvalue weighted by Crippen LogP contribution is 2.29. The van der Waals surface area contributed by atoms with Gasteiger partial charge in [0.15, 0.2) is 0 Å². The van der Waals surface area contributed by atoms with E-state index >= 15 is 0 Å². The number of nitrogens with zero attached hydrogens (tertiary/aromatic N) is 1. The highest BCUT2D eigenvalue weighted by Gasteiger charge is 2.16. The van der Waals surface area contributed by atoms with E-state index in [9.17, 15) is 0 Å². The third-order valence-electron chi connectivity index (χ3n) is 3.67. The normalized spacial score (nSPS) is 12.4. The van der Waals surface area contributed by atoms with Gasteiger partial charge in [0.2, 0.25) is 0 Å². The van der Waals surface area contributed by atoms with Crippen LogP contribution >= 0.6 is 0 Å². The molecule has 0 heterocycles. The molecule has 0 amide bonds. The van der Waals surface area contributed by atoms with E-state index < -0.39 is 0 Å². The van der Waals surface area contributed by atoms with Crippen LogP contribution in [0.2, 0.25) is 0 Å². The number of para-hydroxylation sites is 2. The monoisotopic (exact) mass is 267 g/mol. The largest absolute Gasteiger partial charge is 0.339 e. The van der Waals surface area contributed by atoms with Crippen LogP contribution in [0, 0.1) is 5.92 Å². The molecule has 0 aliphatic rings. The van der Waals surface area contributed by atoms with Crippen molar-refractivity contribution in [3.63, 3.8) is 0 Å². The lowest BCUT2D eigenvalue weighted by molar-refractivity contribution is 0.509. The van der Waals surface area contributed by atoms with Gasteiger partial charge in [-0.05, 0) is 49.9 Å². The Balaban J connectivity index is 2.25. The molecule has 0 N–H and O–H groups in total. The van der Waals surface area contributed by atoms with Crippen molar-refractivity contribution in [3.05, 3.63) is 60.7 Å². The summed E-state index contributed by atoms with van der Waals surface area (Å²) in [6.45, 7) is 6.91. The second kappa shape index (κ2) is 7.14. The predicted molar refractivity (Wildman–Crippen MR) is 88.6 cm³/mol. The van der Waals surface area contributed by atoms with Crippen molar-refractivity contribution in [2.75, 3.05) is 4.90 Å². The lowest BCUT2D eigenvalue weighted by Crippen LogP contribution is -2.28. The first kappa shape index (κ1) is 14.6. The molecule has 1 heteroatoms. The minimum absolute atomic E-state index is 0.502. The molecule has 0 saturated heterocycles. The number of rotatable bonds is 6. The van der Waals surface area contributed by atoms with Crippen molar-refractivity contribution in [2.45, 2.75) is 39.7 Å². The van der Waals surface area contributed by atoms with Crippen LogP contribution in [-0.2, 0) is 0 Å². The molecule has 0 fully saturated rings. The molecule has 2 rings (SSSR count). The number of benzene rings is 2. The summed E-state index contributed by atoms with van der Waals surface area (Å²) < 4.78 is 0. The Hall–Kier alpha value is -1.76. The summed E-state index contributed by atoms with van der Waals surface area (Å²) in [5.74, 6) is 0.755. The van der Waals surface area contributed by atoms with Crippen LogP contribution < -0.4 is 4.90 Å². The summed E-state index contributed by atoms with van der Waals surface area (Å²) in [7, 11) is 0. The highest BCUT2D eigenvalue weighted by molar-refractivity contribution is 5.63. The Morgan fingerprint density at radius 2 is 1.15 bits per heavy atom. The first-order chi connectivity index (χ1) is 9.68. The Morgan fingerprint density at radius 3 is 1.55 bits per heavy atom. The summed E-state index contributed by atoms with van der Waals surface area (Å²) in [4.78, 5) is 2.45. The van der Waals surface area contributed by atoms with E-state index in [4.69, 9.17) is 0 Å². The first-order valence-electron chi connectivity index (χ1n) is 7.58. The maximum atomic E-state index is 2.45. The Morgan fingerprint density at radius 1 is 0.700 bits per heavy atom. The zero-order valence-corrected chi connectivity index (χ0v) is 12.8. The van der Waals surface area contributed by atoms with Crippen molar-refractivity contribution in [1.82, 2.24) is 0 Å². The van der Waals surface area contributed by atoms with Crippen molar-refractivity contribution >= 4 is 11.4 Å². The number of anilines is 2. The molecular formula is C19H25N. The molecule has 0 aliphatic carbocycles. The van der Waals surface area contributed by atoms with Crippen LogP contribution in [0.15, 0.2) is 60.7 Å². The Bertz CT molecular complexity index is 450. The Kier molecular flexibility index (Phi) is 5.23. The van der Waals surface area contributed by atoms with E-state index in [0.29, 0.717) is 6.04 Å². The first-order valence-corrected chi connectivity index (χ1v) is 7.58. The second-order valence-corrected chi connectivity index (χ2v) is 5.86. The van der Waals surface area contributed by atoms with Crippen LogP contribution in [0.25, 0.3) is 0 Å². The fourth-order valence-electron chi connectivity index (χ4n) is 2.54. The molecule has 0 aliphatic heterocycles. The lowest BCUT2D eigenvalue weighted by atomic mass is 10.0.